The van der Waals surface area contributed by atoms with Crippen LogP contribution in [-0.2, 0) is 0 Å². The molecular formula is C10H17N3S. The number of piperazine rings is 1. The fourth-order valence-corrected chi connectivity index (χ4v) is 2.62. The Bertz CT molecular complexity index is 229. The van der Waals surface area contributed by atoms with Gasteiger partial charge in [0.15, 0.2) is 0 Å². The largest absolute Gasteiger partial charge is 0.314 e. The van der Waals surface area contributed by atoms with Gasteiger partial charge in [0.05, 0.1) is 5.88 Å². The van der Waals surface area contributed by atoms with Crippen molar-refractivity contribution in [3.8, 4) is 0 Å². The van der Waals surface area contributed by atoms with Crippen LogP contribution in [-0.4, -0.2) is 41.6 Å². The molecule has 0 radical (unpaired) electrons. The zero-order valence-electron chi connectivity index (χ0n) is 8.35. The maximum absolute atomic E-state index is 3.82. The van der Waals surface area contributed by atoms with E-state index in [1.54, 1.807) is 0 Å². The van der Waals surface area contributed by atoms with Gasteiger partial charge in [0, 0.05) is 31.9 Å². The minimum atomic E-state index is 0.574. The van der Waals surface area contributed by atoms with Crippen molar-refractivity contribution in [1.82, 2.24) is 15.3 Å². The molecule has 0 bridgehead atoms. The Hall–Kier alpha value is -0.450. The van der Waals surface area contributed by atoms with E-state index in [9.17, 15) is 0 Å². The minimum Gasteiger partial charge on any atom is -0.314 e. The van der Waals surface area contributed by atoms with Crippen LogP contribution in [0.2, 0.25) is 0 Å². The SMILES string of the molecule is C=CCC1CNCCN1N1C=CSC1. The monoisotopic (exact) mass is 211 g/mol. The molecule has 3 nitrogen and oxygen atoms in total. The third-order valence-corrected chi connectivity index (χ3v) is 3.35. The summed E-state index contributed by atoms with van der Waals surface area (Å²) < 4.78 is 0. The summed E-state index contributed by atoms with van der Waals surface area (Å²) in [5, 5.41) is 10.4. The van der Waals surface area contributed by atoms with Gasteiger partial charge in [-0.1, -0.05) is 6.08 Å². The number of rotatable bonds is 3. The highest BCUT2D eigenvalue weighted by molar-refractivity contribution is 8.02. The van der Waals surface area contributed by atoms with Crippen molar-refractivity contribution >= 4 is 11.8 Å². The predicted octanol–water partition coefficient (Wildman–Crippen LogP) is 1.23. The van der Waals surface area contributed by atoms with Crippen LogP contribution in [0.1, 0.15) is 6.42 Å². The van der Waals surface area contributed by atoms with Gasteiger partial charge in [-0.3, -0.25) is 0 Å². The first kappa shape index (κ1) is 10.1. The summed E-state index contributed by atoms with van der Waals surface area (Å²) in [6, 6.07) is 0.574. The number of hydrogen-bond acceptors (Lipinski definition) is 4. The summed E-state index contributed by atoms with van der Waals surface area (Å²) in [6.45, 7) is 7.08. The number of nitrogens with one attached hydrogen (secondary N) is 1. The zero-order valence-corrected chi connectivity index (χ0v) is 9.17. The van der Waals surface area contributed by atoms with E-state index in [2.05, 4.69) is 33.5 Å². The average molecular weight is 211 g/mol. The summed E-state index contributed by atoms with van der Waals surface area (Å²) >= 11 is 1.85. The molecule has 0 aromatic heterocycles. The van der Waals surface area contributed by atoms with Crippen molar-refractivity contribution in [2.45, 2.75) is 12.5 Å². The smallest absolute Gasteiger partial charge is 0.0835 e. The molecule has 0 aromatic rings. The Labute approximate surface area is 89.8 Å². The van der Waals surface area contributed by atoms with Gasteiger partial charge >= 0.3 is 0 Å². The van der Waals surface area contributed by atoms with Gasteiger partial charge in [-0.2, -0.15) is 0 Å². The second kappa shape index (κ2) is 4.87. The fraction of sp³-hybridized carbons (Fsp3) is 0.600. The molecule has 78 valence electrons. The van der Waals surface area contributed by atoms with E-state index in [0.29, 0.717) is 6.04 Å². The normalized spacial score (nSPS) is 28.3. The standard InChI is InChI=1S/C10H17N3S/c1-2-3-10-8-11-4-5-13(10)12-6-7-14-9-12/h2,6-7,10-11H,1,3-5,8-9H2. The first-order valence-electron chi connectivity index (χ1n) is 5.05. The number of thioether (sulfide) groups is 1. The van der Waals surface area contributed by atoms with Crippen LogP contribution < -0.4 is 5.32 Å². The molecule has 2 rings (SSSR count). The predicted molar refractivity (Wildman–Crippen MR) is 61.6 cm³/mol. The van der Waals surface area contributed by atoms with Crippen LogP contribution >= 0.6 is 11.8 Å². The number of nitrogens with zero attached hydrogens (tertiary/aromatic N) is 2. The highest BCUT2D eigenvalue weighted by atomic mass is 32.2. The summed E-state index contributed by atoms with van der Waals surface area (Å²) in [4.78, 5) is 0. The zero-order chi connectivity index (χ0) is 9.80. The number of hydrazine groups is 1. The molecule has 1 saturated heterocycles. The quantitative estimate of drug-likeness (QED) is 0.707. The van der Waals surface area contributed by atoms with Crippen molar-refractivity contribution in [3.05, 3.63) is 24.3 Å². The third kappa shape index (κ3) is 2.13. The van der Waals surface area contributed by atoms with E-state index in [1.165, 1.54) is 0 Å². The number of hydrogen-bond donors (Lipinski definition) is 1. The van der Waals surface area contributed by atoms with Crippen LogP contribution in [0.5, 0.6) is 0 Å². The van der Waals surface area contributed by atoms with E-state index < -0.39 is 0 Å². The van der Waals surface area contributed by atoms with Gasteiger partial charge in [-0.15, -0.1) is 18.3 Å². The highest BCUT2D eigenvalue weighted by Crippen LogP contribution is 2.21. The molecular weight excluding hydrogens is 194 g/mol. The molecule has 0 saturated carbocycles. The molecule has 0 aliphatic carbocycles. The van der Waals surface area contributed by atoms with Crippen LogP contribution in [0.4, 0.5) is 0 Å². The molecule has 14 heavy (non-hydrogen) atoms. The van der Waals surface area contributed by atoms with Gasteiger partial charge < -0.3 is 10.3 Å². The van der Waals surface area contributed by atoms with Crippen molar-refractivity contribution < 1.29 is 0 Å². The molecule has 1 N–H and O–H groups in total. The van der Waals surface area contributed by atoms with Crippen molar-refractivity contribution in [2.24, 2.45) is 0 Å². The molecule has 2 aliphatic rings. The van der Waals surface area contributed by atoms with Crippen molar-refractivity contribution in [2.75, 3.05) is 25.5 Å². The highest BCUT2D eigenvalue weighted by Gasteiger charge is 2.25. The van der Waals surface area contributed by atoms with E-state index in [4.69, 9.17) is 0 Å². The maximum Gasteiger partial charge on any atom is 0.0835 e. The Balaban J connectivity index is 1.97. The molecule has 1 fully saturated rings. The lowest BCUT2D eigenvalue weighted by Crippen LogP contribution is -2.56. The van der Waals surface area contributed by atoms with Crippen LogP contribution in [0.3, 0.4) is 0 Å². The summed E-state index contributed by atoms with van der Waals surface area (Å²) in [7, 11) is 0. The lowest BCUT2D eigenvalue weighted by Gasteiger charge is -2.41. The molecule has 4 heteroatoms. The summed E-state index contributed by atoms with van der Waals surface area (Å²) in [6.07, 6.45) is 5.24. The molecule has 1 atom stereocenters. The molecule has 0 aromatic carbocycles. The van der Waals surface area contributed by atoms with Gasteiger partial charge in [-0.05, 0) is 11.8 Å². The summed E-state index contributed by atoms with van der Waals surface area (Å²) in [5.74, 6) is 1.06. The van der Waals surface area contributed by atoms with Gasteiger partial charge in [0.1, 0.15) is 0 Å². The molecule has 1 unspecified atom stereocenters. The third-order valence-electron chi connectivity index (χ3n) is 2.62. The van der Waals surface area contributed by atoms with Crippen molar-refractivity contribution in [3.63, 3.8) is 0 Å². The van der Waals surface area contributed by atoms with Gasteiger partial charge in [0.25, 0.3) is 0 Å². The maximum atomic E-state index is 3.82. The van der Waals surface area contributed by atoms with Crippen LogP contribution in [0.25, 0.3) is 0 Å². The second-order valence-corrected chi connectivity index (χ2v) is 4.43. The second-order valence-electron chi connectivity index (χ2n) is 3.57. The topological polar surface area (TPSA) is 18.5 Å². The lowest BCUT2D eigenvalue weighted by atomic mass is 10.1. The van der Waals surface area contributed by atoms with E-state index in [-0.39, 0.29) is 0 Å². The van der Waals surface area contributed by atoms with Gasteiger partial charge in [0.2, 0.25) is 0 Å². The minimum absolute atomic E-state index is 0.574. The van der Waals surface area contributed by atoms with Crippen molar-refractivity contribution in [1.29, 1.82) is 0 Å². The Morgan fingerprint density at radius 3 is 3.29 bits per heavy atom. The van der Waals surface area contributed by atoms with E-state index in [0.717, 1.165) is 31.9 Å². The lowest BCUT2D eigenvalue weighted by molar-refractivity contribution is -0.0165. The van der Waals surface area contributed by atoms with Gasteiger partial charge in [-0.25, -0.2) is 5.01 Å². The first-order valence-corrected chi connectivity index (χ1v) is 6.10. The average Bonchev–Trinajstić information content (AvgIpc) is 2.72. The summed E-state index contributed by atoms with van der Waals surface area (Å²) in [5.41, 5.74) is 0. The van der Waals surface area contributed by atoms with E-state index in [1.807, 2.05) is 17.8 Å². The molecule has 2 heterocycles. The Morgan fingerprint density at radius 2 is 2.57 bits per heavy atom. The Morgan fingerprint density at radius 1 is 1.64 bits per heavy atom. The van der Waals surface area contributed by atoms with Crippen LogP contribution in [0, 0.1) is 0 Å². The molecule has 0 amide bonds. The Kier molecular flexibility index (Phi) is 3.50. The molecule has 2 aliphatic heterocycles. The fourth-order valence-electron chi connectivity index (χ4n) is 1.92. The van der Waals surface area contributed by atoms with Crippen LogP contribution in [0.15, 0.2) is 24.3 Å². The first-order chi connectivity index (χ1) is 6.92. The van der Waals surface area contributed by atoms with E-state index >= 15 is 0 Å². The molecule has 0 spiro atoms.